The lowest BCUT2D eigenvalue weighted by Gasteiger charge is -2.74. The number of morpholine rings is 1. The molecule has 2 aromatic rings. The van der Waals surface area contributed by atoms with Crippen LogP contribution in [0.5, 0.6) is 5.88 Å². The van der Waals surface area contributed by atoms with Crippen molar-refractivity contribution in [2.75, 3.05) is 44.0 Å². The van der Waals surface area contributed by atoms with Crippen LogP contribution in [0.3, 0.4) is 0 Å². The predicted molar refractivity (Wildman–Crippen MR) is 150 cm³/mol. The molecule has 2 amide bonds. The number of carbonyl (C=O) groups is 2. The molecule has 6 fully saturated rings. The van der Waals surface area contributed by atoms with Crippen LogP contribution >= 0.6 is 0 Å². The van der Waals surface area contributed by atoms with Gasteiger partial charge in [-0.2, -0.15) is 13.2 Å². The lowest BCUT2D eigenvalue weighted by atomic mass is 9.43. The first-order chi connectivity index (χ1) is 21.0. The fraction of sp³-hybridized carbons (Fsp3) is 0.600. The third-order valence-electron chi connectivity index (χ3n) is 10.4. The van der Waals surface area contributed by atoms with E-state index in [2.05, 4.69) is 30.8 Å². The number of benzene rings is 1. The number of carbonyl (C=O) groups excluding carboxylic acids is 2. The Morgan fingerprint density at radius 2 is 1.82 bits per heavy atom. The van der Waals surface area contributed by atoms with Crippen molar-refractivity contribution in [3.05, 3.63) is 41.5 Å². The van der Waals surface area contributed by atoms with E-state index in [-0.39, 0.29) is 40.0 Å². The van der Waals surface area contributed by atoms with Gasteiger partial charge in [0.25, 0.3) is 5.91 Å². The molecule has 2 heterocycles. The molecule has 1 aromatic carbocycles. The van der Waals surface area contributed by atoms with Crippen molar-refractivity contribution in [3.8, 4) is 5.88 Å². The van der Waals surface area contributed by atoms with Gasteiger partial charge in [-0.3, -0.25) is 14.5 Å². The van der Waals surface area contributed by atoms with E-state index in [1.54, 1.807) is 0 Å². The average Bonchev–Trinajstić information content (AvgIpc) is 3.57. The zero-order valence-electron chi connectivity index (χ0n) is 24.2. The Hall–Kier alpha value is -3.52. The molecule has 14 heteroatoms. The number of aromatic nitrogens is 2. The van der Waals surface area contributed by atoms with Crippen LogP contribution in [0, 0.1) is 23.6 Å². The molecular weight excluding hydrogens is 584 g/mol. The maximum Gasteiger partial charge on any atom is 0.419 e. The summed E-state index contributed by atoms with van der Waals surface area (Å²) < 4.78 is 64.5. The Bertz CT molecular complexity index is 1460. The molecule has 0 radical (unpaired) electrons. The summed E-state index contributed by atoms with van der Waals surface area (Å²) in [5, 5.41) is 9.08. The normalized spacial score (nSPS) is 32.4. The second-order valence-electron chi connectivity index (χ2n) is 12.9. The van der Waals surface area contributed by atoms with Gasteiger partial charge in [0, 0.05) is 35.9 Å². The quantitative estimate of drug-likeness (QED) is 0.382. The third kappa shape index (κ3) is 4.86. The number of halogens is 4. The second kappa shape index (κ2) is 10.5. The van der Waals surface area contributed by atoms with Gasteiger partial charge in [-0.05, 0) is 68.6 Å². The molecule has 0 unspecified atom stereocenters. The summed E-state index contributed by atoms with van der Waals surface area (Å²) in [4.78, 5) is 38.4. The van der Waals surface area contributed by atoms with E-state index in [1.807, 2.05) is 0 Å². The van der Waals surface area contributed by atoms with E-state index in [9.17, 15) is 27.2 Å². The van der Waals surface area contributed by atoms with Crippen molar-refractivity contribution in [1.82, 2.24) is 20.2 Å². The van der Waals surface area contributed by atoms with Gasteiger partial charge in [-0.15, -0.1) is 0 Å². The number of fused-ring (bicyclic) bond motifs is 2. The van der Waals surface area contributed by atoms with Crippen molar-refractivity contribution in [2.45, 2.75) is 61.8 Å². The van der Waals surface area contributed by atoms with Gasteiger partial charge in [0.1, 0.15) is 23.5 Å². The number of ether oxygens (including phenoxy) is 2. The predicted octanol–water partition coefficient (Wildman–Crippen LogP) is 3.85. The second-order valence-corrected chi connectivity index (χ2v) is 12.9. The minimum absolute atomic E-state index is 0.0247. The van der Waals surface area contributed by atoms with Crippen LogP contribution in [-0.4, -0.2) is 77.2 Å². The molecule has 4 atom stereocenters. The van der Waals surface area contributed by atoms with Crippen molar-refractivity contribution in [3.63, 3.8) is 0 Å². The fourth-order valence-corrected chi connectivity index (χ4v) is 8.46. The van der Waals surface area contributed by atoms with E-state index in [4.69, 9.17) is 9.47 Å². The Morgan fingerprint density at radius 3 is 2.52 bits per heavy atom. The number of anilines is 2. The van der Waals surface area contributed by atoms with Crippen molar-refractivity contribution in [2.24, 2.45) is 17.8 Å². The van der Waals surface area contributed by atoms with Gasteiger partial charge in [-0.1, -0.05) is 0 Å². The van der Waals surface area contributed by atoms with Gasteiger partial charge in [0.15, 0.2) is 0 Å². The number of amides is 2. The lowest BCUT2D eigenvalue weighted by molar-refractivity contribution is -0.172. The van der Waals surface area contributed by atoms with Crippen LogP contribution in [0.15, 0.2) is 24.5 Å². The molecule has 8 rings (SSSR count). The highest BCUT2D eigenvalue weighted by Gasteiger charge is 2.70. The maximum atomic E-state index is 13.9. The maximum absolute atomic E-state index is 13.9. The molecule has 5 saturated carbocycles. The number of nitrogens with zero attached hydrogens (tertiary/aromatic N) is 3. The van der Waals surface area contributed by atoms with E-state index in [1.165, 1.54) is 13.4 Å². The SMILES string of the molecule is COc1ncnc(NC23CC(N4CCOCC4)(C2)C3)c1C(=O)N[C@@H]1[C@H]2CC[C@H](C2)[C@@H]1C(=O)Nc1ccc(F)c(C(F)(F)F)c1. The highest BCUT2D eigenvalue weighted by Crippen LogP contribution is 2.65. The number of hydrogen-bond donors (Lipinski definition) is 3. The van der Waals surface area contributed by atoms with Gasteiger partial charge in [0.2, 0.25) is 11.8 Å². The third-order valence-corrected chi connectivity index (χ3v) is 10.4. The lowest BCUT2D eigenvalue weighted by Crippen LogP contribution is -2.82. The molecule has 44 heavy (non-hydrogen) atoms. The molecule has 236 valence electrons. The zero-order chi connectivity index (χ0) is 30.9. The van der Waals surface area contributed by atoms with Gasteiger partial charge < -0.3 is 25.4 Å². The standard InChI is InChI=1S/C30H34F4N6O4/c1-43-27-22(24(35-15-36-27)39-28-12-29(13-28,14-28)40-6-8-44-9-7-40)26(42)38-23-17-3-2-16(10-17)21(23)25(41)37-18-4-5-20(31)19(11-18)30(32,33)34/h4-5,11,15-17,21,23H,2-3,6-10,12-14H2,1H3,(H,37,41)(H,38,42)(H,35,36,39)/t16-,17+,21+,23-,28?,29?/m1/s1. The van der Waals surface area contributed by atoms with Gasteiger partial charge >= 0.3 is 6.18 Å². The summed E-state index contributed by atoms with van der Waals surface area (Å²) in [5.41, 5.74) is -1.48. The topological polar surface area (TPSA) is 118 Å². The van der Waals surface area contributed by atoms with E-state index in [0.717, 1.165) is 64.5 Å². The van der Waals surface area contributed by atoms with E-state index >= 15 is 0 Å². The Balaban J connectivity index is 1.07. The summed E-state index contributed by atoms with van der Waals surface area (Å²) >= 11 is 0. The largest absolute Gasteiger partial charge is 0.480 e. The highest BCUT2D eigenvalue weighted by atomic mass is 19.4. The van der Waals surface area contributed by atoms with Crippen LogP contribution in [0.1, 0.15) is 54.4 Å². The van der Waals surface area contributed by atoms with Crippen LogP contribution in [0.25, 0.3) is 0 Å². The summed E-state index contributed by atoms with van der Waals surface area (Å²) in [6.07, 6.45) is 1.52. The van der Waals surface area contributed by atoms with Crippen LogP contribution in [-0.2, 0) is 15.7 Å². The number of rotatable bonds is 8. The molecule has 3 N–H and O–H groups in total. The average molecular weight is 619 g/mol. The molecule has 10 nitrogen and oxygen atoms in total. The van der Waals surface area contributed by atoms with Crippen LogP contribution in [0.2, 0.25) is 0 Å². The molecule has 5 aliphatic carbocycles. The molecule has 1 saturated heterocycles. The summed E-state index contributed by atoms with van der Waals surface area (Å²) in [7, 11) is 1.42. The minimum atomic E-state index is -4.90. The molecule has 1 aromatic heterocycles. The summed E-state index contributed by atoms with van der Waals surface area (Å²) in [6, 6.07) is 1.82. The fourth-order valence-electron chi connectivity index (χ4n) is 8.46. The van der Waals surface area contributed by atoms with Crippen molar-refractivity contribution >= 4 is 23.3 Å². The van der Waals surface area contributed by atoms with Crippen LogP contribution < -0.4 is 20.7 Å². The number of hydrogen-bond acceptors (Lipinski definition) is 8. The molecule has 6 aliphatic rings. The van der Waals surface area contributed by atoms with Gasteiger partial charge in [-0.25, -0.2) is 14.4 Å². The van der Waals surface area contributed by atoms with Crippen LogP contribution in [0.4, 0.5) is 29.1 Å². The minimum Gasteiger partial charge on any atom is -0.480 e. The Morgan fingerprint density at radius 1 is 1.09 bits per heavy atom. The molecule has 0 spiro atoms. The monoisotopic (exact) mass is 618 g/mol. The molecule has 4 bridgehead atoms. The van der Waals surface area contributed by atoms with Gasteiger partial charge in [0.05, 0.1) is 31.8 Å². The number of alkyl halides is 3. The zero-order valence-corrected chi connectivity index (χ0v) is 24.2. The smallest absolute Gasteiger partial charge is 0.419 e. The Kier molecular flexibility index (Phi) is 6.99. The molecule has 1 aliphatic heterocycles. The Labute approximate surface area is 251 Å². The first-order valence-corrected chi connectivity index (χ1v) is 15.0. The van der Waals surface area contributed by atoms with Crippen molar-refractivity contribution < 1.29 is 36.6 Å². The van der Waals surface area contributed by atoms with Crippen molar-refractivity contribution in [1.29, 1.82) is 0 Å². The first-order valence-electron chi connectivity index (χ1n) is 15.0. The summed E-state index contributed by atoms with van der Waals surface area (Å²) in [6.45, 7) is 3.29. The number of nitrogens with one attached hydrogen (secondary N) is 3. The van der Waals surface area contributed by atoms with E-state index in [0.29, 0.717) is 24.4 Å². The summed E-state index contributed by atoms with van der Waals surface area (Å²) in [5.74, 6) is -2.65. The van der Waals surface area contributed by atoms with E-state index < -0.39 is 41.3 Å². The number of methoxy groups -OCH3 is 1. The first kappa shape index (κ1) is 29.2. The highest BCUT2D eigenvalue weighted by molar-refractivity contribution is 6.02. The molecular formula is C30H34F4N6O4.